The van der Waals surface area contributed by atoms with Gasteiger partial charge in [-0.1, -0.05) is 13.3 Å². The van der Waals surface area contributed by atoms with Crippen molar-refractivity contribution in [3.05, 3.63) is 0 Å². The zero-order valence-electron chi connectivity index (χ0n) is 11.0. The average molecular weight is 258 g/mol. The van der Waals surface area contributed by atoms with E-state index in [4.69, 9.17) is 9.84 Å². The molecule has 1 aliphatic rings. The molecule has 0 radical (unpaired) electrons. The van der Waals surface area contributed by atoms with Crippen LogP contribution in [-0.2, 0) is 14.3 Å². The third kappa shape index (κ3) is 4.27. The van der Waals surface area contributed by atoms with Crippen molar-refractivity contribution in [1.29, 1.82) is 0 Å². The Labute approximate surface area is 107 Å². The van der Waals surface area contributed by atoms with Crippen LogP contribution in [0.5, 0.6) is 0 Å². The molecule has 0 spiro atoms. The predicted molar refractivity (Wildman–Crippen MR) is 66.3 cm³/mol. The second kappa shape index (κ2) is 6.70. The van der Waals surface area contributed by atoms with Crippen LogP contribution in [0.15, 0.2) is 0 Å². The largest absolute Gasteiger partial charge is 0.480 e. The molecule has 0 aromatic heterocycles. The Morgan fingerprint density at radius 2 is 2.28 bits per heavy atom. The maximum absolute atomic E-state index is 11.8. The lowest BCUT2D eigenvalue weighted by Gasteiger charge is -2.28. The highest BCUT2D eigenvalue weighted by atomic mass is 16.5. The fourth-order valence-corrected chi connectivity index (χ4v) is 2.04. The van der Waals surface area contributed by atoms with Crippen molar-refractivity contribution in [2.75, 3.05) is 19.7 Å². The molecule has 0 saturated carbocycles. The molecule has 6 nitrogen and oxygen atoms in total. The molecule has 1 amide bonds. The minimum Gasteiger partial charge on any atom is -0.480 e. The lowest BCUT2D eigenvalue weighted by molar-refractivity contribution is -0.147. The second-order valence-corrected chi connectivity index (χ2v) is 4.84. The van der Waals surface area contributed by atoms with E-state index in [-0.39, 0.29) is 18.4 Å². The Bertz CT molecular complexity index is 302. The van der Waals surface area contributed by atoms with E-state index in [1.54, 1.807) is 0 Å². The van der Waals surface area contributed by atoms with E-state index in [1.807, 2.05) is 6.92 Å². The van der Waals surface area contributed by atoms with Gasteiger partial charge in [0.15, 0.2) is 0 Å². The van der Waals surface area contributed by atoms with Crippen LogP contribution < -0.4 is 10.6 Å². The zero-order valence-corrected chi connectivity index (χ0v) is 11.0. The highest BCUT2D eigenvalue weighted by Gasteiger charge is 2.34. The number of hydrogen-bond donors (Lipinski definition) is 3. The minimum absolute atomic E-state index is 0.168. The predicted octanol–water partition coefficient (Wildman–Crippen LogP) is 0.125. The number of morpholine rings is 1. The molecule has 2 atom stereocenters. The lowest BCUT2D eigenvalue weighted by Crippen LogP contribution is -2.53. The quantitative estimate of drug-likeness (QED) is 0.630. The summed E-state index contributed by atoms with van der Waals surface area (Å²) in [5.74, 6) is -1.28. The van der Waals surface area contributed by atoms with Gasteiger partial charge in [-0.05, 0) is 13.3 Å². The summed E-state index contributed by atoms with van der Waals surface area (Å²) in [7, 11) is 0. The van der Waals surface area contributed by atoms with Gasteiger partial charge in [-0.25, -0.2) is 4.79 Å². The summed E-state index contributed by atoms with van der Waals surface area (Å²) in [6.45, 7) is 5.44. The van der Waals surface area contributed by atoms with Crippen LogP contribution in [0.4, 0.5) is 0 Å². The van der Waals surface area contributed by atoms with Crippen LogP contribution in [-0.4, -0.2) is 48.3 Å². The maximum Gasteiger partial charge on any atom is 0.329 e. The van der Waals surface area contributed by atoms with Crippen LogP contribution in [0.3, 0.4) is 0 Å². The highest BCUT2D eigenvalue weighted by Crippen LogP contribution is 2.13. The minimum atomic E-state index is -1.19. The molecule has 1 rings (SSSR count). The maximum atomic E-state index is 11.8. The van der Waals surface area contributed by atoms with Crippen LogP contribution in [0.1, 0.15) is 33.1 Å². The Kier molecular flexibility index (Phi) is 5.55. The van der Waals surface area contributed by atoms with Gasteiger partial charge < -0.3 is 20.5 Å². The van der Waals surface area contributed by atoms with Crippen LogP contribution in [0.25, 0.3) is 0 Å². The number of nitrogens with one attached hydrogen (secondary N) is 2. The number of carbonyl (C=O) groups is 2. The van der Waals surface area contributed by atoms with Gasteiger partial charge in [-0.3, -0.25) is 4.79 Å². The van der Waals surface area contributed by atoms with Gasteiger partial charge in [0.1, 0.15) is 5.54 Å². The van der Waals surface area contributed by atoms with Crippen molar-refractivity contribution in [2.24, 2.45) is 0 Å². The SMILES string of the molecule is CCCC(C)(NC(=O)CC1CNCCO1)C(=O)O. The molecule has 18 heavy (non-hydrogen) atoms. The monoisotopic (exact) mass is 258 g/mol. The summed E-state index contributed by atoms with van der Waals surface area (Å²) in [4.78, 5) is 23.0. The van der Waals surface area contributed by atoms with Gasteiger partial charge >= 0.3 is 5.97 Å². The summed E-state index contributed by atoms with van der Waals surface area (Å²) >= 11 is 0. The summed E-state index contributed by atoms with van der Waals surface area (Å²) in [5, 5.41) is 14.9. The van der Waals surface area contributed by atoms with Crippen LogP contribution >= 0.6 is 0 Å². The third-order valence-corrected chi connectivity index (χ3v) is 3.05. The van der Waals surface area contributed by atoms with Gasteiger partial charge in [-0.2, -0.15) is 0 Å². The smallest absolute Gasteiger partial charge is 0.329 e. The number of carboxylic acid groups (broad SMARTS) is 1. The van der Waals surface area contributed by atoms with Gasteiger partial charge in [-0.15, -0.1) is 0 Å². The number of ether oxygens (including phenoxy) is 1. The fourth-order valence-electron chi connectivity index (χ4n) is 2.04. The molecule has 1 heterocycles. The number of hydrogen-bond acceptors (Lipinski definition) is 4. The van der Waals surface area contributed by atoms with E-state index in [9.17, 15) is 9.59 Å². The van der Waals surface area contributed by atoms with E-state index >= 15 is 0 Å². The Balaban J connectivity index is 2.48. The summed E-state index contributed by atoms with van der Waals surface area (Å²) in [6.07, 6.45) is 1.14. The summed E-state index contributed by atoms with van der Waals surface area (Å²) in [5.41, 5.74) is -1.19. The van der Waals surface area contributed by atoms with E-state index in [1.165, 1.54) is 6.92 Å². The highest BCUT2D eigenvalue weighted by molar-refractivity contribution is 5.86. The molecular weight excluding hydrogens is 236 g/mol. The molecule has 1 aliphatic heterocycles. The molecule has 2 unspecified atom stereocenters. The topological polar surface area (TPSA) is 87.7 Å². The molecule has 6 heteroatoms. The molecule has 0 aromatic rings. The molecule has 0 aliphatic carbocycles. The van der Waals surface area contributed by atoms with Gasteiger partial charge in [0.2, 0.25) is 5.91 Å². The van der Waals surface area contributed by atoms with E-state index in [0.717, 1.165) is 6.54 Å². The second-order valence-electron chi connectivity index (χ2n) is 4.84. The van der Waals surface area contributed by atoms with E-state index < -0.39 is 11.5 Å². The van der Waals surface area contributed by atoms with Crippen molar-refractivity contribution in [2.45, 2.75) is 44.8 Å². The van der Waals surface area contributed by atoms with Crippen molar-refractivity contribution in [3.8, 4) is 0 Å². The first-order valence-electron chi connectivity index (χ1n) is 6.34. The molecule has 0 aromatic carbocycles. The standard InChI is InChI=1S/C12H22N2O4/c1-3-4-12(2,11(16)17)14-10(15)7-9-8-13-5-6-18-9/h9,13H,3-8H2,1-2H3,(H,14,15)(H,16,17). The van der Waals surface area contributed by atoms with Gasteiger partial charge in [0.25, 0.3) is 0 Å². The van der Waals surface area contributed by atoms with Crippen molar-refractivity contribution < 1.29 is 19.4 Å². The van der Waals surface area contributed by atoms with Crippen LogP contribution in [0, 0.1) is 0 Å². The number of aliphatic carboxylic acids is 1. The normalized spacial score (nSPS) is 23.1. The fraction of sp³-hybridized carbons (Fsp3) is 0.833. The summed E-state index contributed by atoms with van der Waals surface area (Å²) < 4.78 is 5.41. The third-order valence-electron chi connectivity index (χ3n) is 3.05. The molecule has 1 fully saturated rings. The molecule has 3 N–H and O–H groups in total. The first-order chi connectivity index (χ1) is 8.48. The van der Waals surface area contributed by atoms with E-state index in [2.05, 4.69) is 10.6 Å². The van der Waals surface area contributed by atoms with Crippen molar-refractivity contribution in [1.82, 2.24) is 10.6 Å². The van der Waals surface area contributed by atoms with Gasteiger partial charge in [0, 0.05) is 13.1 Å². The van der Waals surface area contributed by atoms with Gasteiger partial charge in [0.05, 0.1) is 19.1 Å². The first-order valence-corrected chi connectivity index (χ1v) is 6.34. The summed E-state index contributed by atoms with van der Waals surface area (Å²) in [6, 6.07) is 0. The lowest BCUT2D eigenvalue weighted by atomic mass is 9.96. The van der Waals surface area contributed by atoms with Crippen molar-refractivity contribution >= 4 is 11.9 Å². The molecule has 0 bridgehead atoms. The Hall–Kier alpha value is -1.14. The molecule has 1 saturated heterocycles. The van der Waals surface area contributed by atoms with Crippen LogP contribution in [0.2, 0.25) is 0 Å². The van der Waals surface area contributed by atoms with Crippen molar-refractivity contribution in [3.63, 3.8) is 0 Å². The Morgan fingerprint density at radius 3 is 2.78 bits per heavy atom. The number of carboxylic acids is 1. The number of carbonyl (C=O) groups excluding carboxylic acids is 1. The first kappa shape index (κ1) is 14.9. The average Bonchev–Trinajstić information content (AvgIpc) is 2.30. The van der Waals surface area contributed by atoms with E-state index in [0.29, 0.717) is 26.0 Å². The molecular formula is C12H22N2O4. The Morgan fingerprint density at radius 1 is 1.56 bits per heavy atom. The zero-order chi connectivity index (χ0) is 13.6. The number of amides is 1. The number of rotatable bonds is 6. The molecule has 104 valence electrons.